The Balaban J connectivity index is 2.16. The van der Waals surface area contributed by atoms with Crippen LogP contribution in [0.2, 0.25) is 0 Å². The van der Waals surface area contributed by atoms with Crippen molar-refractivity contribution in [2.45, 2.75) is 20.4 Å². The highest BCUT2D eigenvalue weighted by Gasteiger charge is 2.20. The molecule has 0 radical (unpaired) electrons. The first kappa shape index (κ1) is 15.2. The zero-order chi connectivity index (χ0) is 15.6. The van der Waals surface area contributed by atoms with Crippen LogP contribution in [0, 0.1) is 13.8 Å². The molecular formula is C15H17N3O2S. The van der Waals surface area contributed by atoms with E-state index in [2.05, 4.69) is 4.98 Å². The Morgan fingerprint density at radius 2 is 2.14 bits per heavy atom. The second-order valence-electron chi connectivity index (χ2n) is 4.87. The van der Waals surface area contributed by atoms with Gasteiger partial charge in [0.1, 0.15) is 4.99 Å². The molecule has 1 aromatic carbocycles. The molecule has 0 unspecified atom stereocenters. The zero-order valence-corrected chi connectivity index (χ0v) is 13.0. The number of thiocarbonyl (C=S) groups is 1. The molecule has 0 saturated carbocycles. The maximum absolute atomic E-state index is 12.3. The van der Waals surface area contributed by atoms with Crippen LogP contribution in [0.15, 0.2) is 28.7 Å². The second kappa shape index (κ2) is 6.05. The van der Waals surface area contributed by atoms with Gasteiger partial charge in [0.2, 0.25) is 5.76 Å². The molecule has 5 nitrogen and oxygen atoms in total. The number of hydrogen-bond acceptors (Lipinski definition) is 4. The number of carbonyl (C=O) groups excluding carboxylic acids is 1. The van der Waals surface area contributed by atoms with Crippen molar-refractivity contribution >= 4 is 23.1 Å². The first-order valence-electron chi connectivity index (χ1n) is 6.46. The minimum absolute atomic E-state index is 0.200. The number of amides is 1. The number of aromatic nitrogens is 1. The number of hydrogen-bond donors (Lipinski definition) is 1. The highest BCUT2D eigenvalue weighted by molar-refractivity contribution is 7.80. The third-order valence-electron chi connectivity index (χ3n) is 3.08. The number of aryl methyl sites for hydroxylation is 2. The Bertz CT molecular complexity index is 694. The molecule has 6 heteroatoms. The molecule has 1 heterocycles. The lowest BCUT2D eigenvalue weighted by Gasteiger charge is -2.16. The predicted octanol–water partition coefficient (Wildman–Crippen LogP) is 2.20. The van der Waals surface area contributed by atoms with Crippen LogP contribution in [-0.4, -0.2) is 27.8 Å². The fourth-order valence-corrected chi connectivity index (χ4v) is 2.20. The van der Waals surface area contributed by atoms with Gasteiger partial charge in [-0.1, -0.05) is 30.4 Å². The Labute approximate surface area is 128 Å². The Morgan fingerprint density at radius 3 is 2.71 bits per heavy atom. The van der Waals surface area contributed by atoms with Crippen molar-refractivity contribution in [2.75, 3.05) is 7.05 Å². The van der Waals surface area contributed by atoms with Crippen LogP contribution < -0.4 is 5.73 Å². The highest BCUT2D eigenvalue weighted by Crippen LogP contribution is 2.14. The van der Waals surface area contributed by atoms with Gasteiger partial charge in [0, 0.05) is 26.1 Å². The van der Waals surface area contributed by atoms with Crippen LogP contribution in [0.3, 0.4) is 0 Å². The smallest absolute Gasteiger partial charge is 0.291 e. The molecule has 2 N–H and O–H groups in total. The van der Waals surface area contributed by atoms with Gasteiger partial charge in [-0.2, -0.15) is 0 Å². The monoisotopic (exact) mass is 303 g/mol. The average Bonchev–Trinajstić information content (AvgIpc) is 2.77. The molecule has 1 amide bonds. The second-order valence-corrected chi connectivity index (χ2v) is 5.31. The summed E-state index contributed by atoms with van der Waals surface area (Å²) in [5.41, 5.74) is 7.95. The van der Waals surface area contributed by atoms with E-state index in [-0.39, 0.29) is 11.7 Å². The van der Waals surface area contributed by atoms with Gasteiger partial charge in [-0.3, -0.25) is 4.79 Å². The van der Waals surface area contributed by atoms with E-state index in [1.807, 2.05) is 24.3 Å². The molecular weight excluding hydrogens is 286 g/mol. The predicted molar refractivity (Wildman–Crippen MR) is 84.1 cm³/mol. The van der Waals surface area contributed by atoms with Crippen molar-refractivity contribution in [3.05, 3.63) is 52.7 Å². The van der Waals surface area contributed by atoms with Crippen molar-refractivity contribution < 1.29 is 9.21 Å². The zero-order valence-electron chi connectivity index (χ0n) is 12.2. The van der Waals surface area contributed by atoms with Gasteiger partial charge >= 0.3 is 0 Å². The fourth-order valence-electron chi connectivity index (χ4n) is 2.07. The maximum Gasteiger partial charge on any atom is 0.291 e. The van der Waals surface area contributed by atoms with E-state index in [0.717, 1.165) is 11.1 Å². The van der Waals surface area contributed by atoms with E-state index in [1.165, 1.54) is 0 Å². The van der Waals surface area contributed by atoms with E-state index in [0.29, 0.717) is 23.1 Å². The largest absolute Gasteiger partial charge is 0.436 e. The summed E-state index contributed by atoms with van der Waals surface area (Å²) < 4.78 is 5.35. The minimum Gasteiger partial charge on any atom is -0.436 e. The Hall–Kier alpha value is -2.21. The summed E-state index contributed by atoms with van der Waals surface area (Å²) in [5, 5.41) is 0. The SMILES string of the molecule is Cc1nc(C)c(C(=O)N(C)Cc2cccc(C(N)=S)c2)o1. The summed E-state index contributed by atoms with van der Waals surface area (Å²) in [6, 6.07) is 7.51. The lowest BCUT2D eigenvalue weighted by atomic mass is 10.1. The number of carbonyl (C=O) groups is 1. The van der Waals surface area contributed by atoms with Gasteiger partial charge in [-0.15, -0.1) is 0 Å². The molecule has 1 aromatic heterocycles. The Morgan fingerprint density at radius 1 is 1.43 bits per heavy atom. The third kappa shape index (κ3) is 3.46. The third-order valence-corrected chi connectivity index (χ3v) is 3.31. The number of nitrogens with two attached hydrogens (primary N) is 1. The quantitative estimate of drug-likeness (QED) is 0.877. The van der Waals surface area contributed by atoms with Gasteiger partial charge in [0.15, 0.2) is 5.89 Å². The van der Waals surface area contributed by atoms with Crippen LogP contribution in [0.1, 0.15) is 33.3 Å². The van der Waals surface area contributed by atoms with E-state index < -0.39 is 0 Å². The molecule has 110 valence electrons. The van der Waals surface area contributed by atoms with Crippen LogP contribution >= 0.6 is 12.2 Å². The van der Waals surface area contributed by atoms with E-state index in [1.54, 1.807) is 25.8 Å². The molecule has 0 saturated heterocycles. The topological polar surface area (TPSA) is 72.4 Å². The molecule has 2 rings (SSSR count). The van der Waals surface area contributed by atoms with Gasteiger partial charge in [0.25, 0.3) is 5.91 Å². The van der Waals surface area contributed by atoms with Crippen molar-refractivity contribution in [1.82, 2.24) is 9.88 Å². The van der Waals surface area contributed by atoms with Gasteiger partial charge in [-0.25, -0.2) is 4.98 Å². The molecule has 0 spiro atoms. The normalized spacial score (nSPS) is 10.4. The standard InChI is InChI=1S/C15H17N3O2S/c1-9-13(20-10(2)17-9)15(19)18(3)8-11-5-4-6-12(7-11)14(16)21/h4-7H,8H2,1-3H3,(H2,16,21). The molecule has 0 bridgehead atoms. The fraction of sp³-hybridized carbons (Fsp3) is 0.267. The number of rotatable bonds is 4. The summed E-state index contributed by atoms with van der Waals surface area (Å²) in [7, 11) is 1.72. The summed E-state index contributed by atoms with van der Waals surface area (Å²) in [6.07, 6.45) is 0. The molecule has 0 aliphatic carbocycles. The molecule has 2 aromatic rings. The van der Waals surface area contributed by atoms with Crippen molar-refractivity contribution in [1.29, 1.82) is 0 Å². The van der Waals surface area contributed by atoms with E-state index >= 15 is 0 Å². The van der Waals surface area contributed by atoms with E-state index in [4.69, 9.17) is 22.4 Å². The van der Waals surface area contributed by atoms with Crippen molar-refractivity contribution in [3.8, 4) is 0 Å². The molecule has 0 fully saturated rings. The van der Waals surface area contributed by atoms with E-state index in [9.17, 15) is 4.79 Å². The number of nitrogens with zero attached hydrogens (tertiary/aromatic N) is 2. The summed E-state index contributed by atoms with van der Waals surface area (Å²) in [6.45, 7) is 3.91. The highest BCUT2D eigenvalue weighted by atomic mass is 32.1. The lowest BCUT2D eigenvalue weighted by Crippen LogP contribution is -2.26. The molecule has 0 aliphatic rings. The summed E-state index contributed by atoms with van der Waals surface area (Å²) in [5.74, 6) is 0.564. The van der Waals surface area contributed by atoms with Crippen molar-refractivity contribution in [3.63, 3.8) is 0 Å². The van der Waals surface area contributed by atoms with Crippen LogP contribution in [0.4, 0.5) is 0 Å². The molecule has 0 atom stereocenters. The van der Waals surface area contributed by atoms with Gasteiger partial charge in [-0.05, 0) is 18.6 Å². The summed E-state index contributed by atoms with van der Waals surface area (Å²) in [4.78, 5) is 18.4. The Kier molecular flexibility index (Phi) is 4.37. The minimum atomic E-state index is -0.200. The van der Waals surface area contributed by atoms with Crippen LogP contribution in [0.5, 0.6) is 0 Å². The number of oxazole rings is 1. The summed E-state index contributed by atoms with van der Waals surface area (Å²) >= 11 is 4.96. The lowest BCUT2D eigenvalue weighted by molar-refractivity contribution is 0.0751. The van der Waals surface area contributed by atoms with Gasteiger partial charge in [0.05, 0.1) is 5.69 Å². The van der Waals surface area contributed by atoms with Gasteiger partial charge < -0.3 is 15.1 Å². The molecule has 21 heavy (non-hydrogen) atoms. The number of benzene rings is 1. The average molecular weight is 303 g/mol. The van der Waals surface area contributed by atoms with Crippen LogP contribution in [-0.2, 0) is 6.54 Å². The first-order chi connectivity index (χ1) is 9.88. The van der Waals surface area contributed by atoms with Crippen molar-refractivity contribution in [2.24, 2.45) is 5.73 Å². The van der Waals surface area contributed by atoms with Crippen LogP contribution in [0.25, 0.3) is 0 Å². The first-order valence-corrected chi connectivity index (χ1v) is 6.87. The molecule has 0 aliphatic heterocycles. The maximum atomic E-state index is 12.3.